The standard InChI is InChI=1S/C14H21NO2S2/c1-2-18-13-8-6-7-11-15(12-13)19(16,17)14-9-4-3-5-10-14/h3-5,9-10,13H,2,6-8,11-12H2,1H3/t13-/m1/s1. The number of nitrogens with zero attached hydrogens (tertiary/aromatic N) is 1. The van der Waals surface area contributed by atoms with Crippen molar-refractivity contribution in [3.63, 3.8) is 0 Å². The van der Waals surface area contributed by atoms with Crippen LogP contribution in [0.4, 0.5) is 0 Å². The fourth-order valence-electron chi connectivity index (χ4n) is 2.40. The summed E-state index contributed by atoms with van der Waals surface area (Å²) in [6, 6.07) is 8.77. The van der Waals surface area contributed by atoms with Crippen molar-refractivity contribution in [3.05, 3.63) is 30.3 Å². The lowest BCUT2D eigenvalue weighted by atomic mass is 10.2. The van der Waals surface area contributed by atoms with E-state index in [1.165, 1.54) is 0 Å². The molecule has 19 heavy (non-hydrogen) atoms. The smallest absolute Gasteiger partial charge is 0.207 e. The first-order chi connectivity index (χ1) is 9.14. The molecule has 0 amide bonds. The molecule has 5 heteroatoms. The second kappa shape index (κ2) is 6.77. The van der Waals surface area contributed by atoms with E-state index in [9.17, 15) is 8.42 Å². The molecule has 0 unspecified atom stereocenters. The molecule has 3 nitrogen and oxygen atoms in total. The van der Waals surface area contributed by atoms with Gasteiger partial charge in [-0.1, -0.05) is 31.5 Å². The van der Waals surface area contributed by atoms with Crippen molar-refractivity contribution in [1.82, 2.24) is 4.31 Å². The third-order valence-corrected chi connectivity index (χ3v) is 6.44. The SMILES string of the molecule is CCS[C@@H]1CCCCN(S(=O)(=O)c2ccccc2)C1. The Morgan fingerprint density at radius 2 is 2.00 bits per heavy atom. The molecule has 1 saturated heterocycles. The molecule has 0 radical (unpaired) electrons. The first-order valence-electron chi connectivity index (χ1n) is 6.81. The first-order valence-corrected chi connectivity index (χ1v) is 9.30. The van der Waals surface area contributed by atoms with E-state index in [2.05, 4.69) is 6.92 Å². The Labute approximate surface area is 120 Å². The fourth-order valence-corrected chi connectivity index (χ4v) is 5.13. The predicted octanol–water partition coefficient (Wildman–Crippen LogP) is 2.98. The minimum atomic E-state index is -3.32. The van der Waals surface area contributed by atoms with Gasteiger partial charge in [0.1, 0.15) is 0 Å². The Hall–Kier alpha value is -0.520. The summed E-state index contributed by atoms with van der Waals surface area (Å²) in [5.74, 6) is 1.05. The Kier molecular flexibility index (Phi) is 5.30. The van der Waals surface area contributed by atoms with Gasteiger partial charge in [-0.15, -0.1) is 0 Å². The van der Waals surface area contributed by atoms with E-state index in [4.69, 9.17) is 0 Å². The third-order valence-electron chi connectivity index (χ3n) is 3.37. The van der Waals surface area contributed by atoms with E-state index in [1.807, 2.05) is 17.8 Å². The number of benzene rings is 1. The number of thioether (sulfide) groups is 1. The molecular weight excluding hydrogens is 278 g/mol. The van der Waals surface area contributed by atoms with E-state index in [1.54, 1.807) is 28.6 Å². The summed E-state index contributed by atoms with van der Waals surface area (Å²) < 4.78 is 26.9. The number of sulfonamides is 1. The van der Waals surface area contributed by atoms with Crippen molar-refractivity contribution in [3.8, 4) is 0 Å². The molecule has 0 N–H and O–H groups in total. The van der Waals surface area contributed by atoms with Gasteiger partial charge < -0.3 is 0 Å². The average Bonchev–Trinajstić information content (AvgIpc) is 2.66. The van der Waals surface area contributed by atoms with Crippen LogP contribution in [0.1, 0.15) is 26.2 Å². The van der Waals surface area contributed by atoms with Crippen molar-refractivity contribution in [1.29, 1.82) is 0 Å². The van der Waals surface area contributed by atoms with Crippen molar-refractivity contribution in [2.45, 2.75) is 36.3 Å². The normalized spacial score (nSPS) is 22.1. The van der Waals surface area contributed by atoms with Crippen LogP contribution < -0.4 is 0 Å². The van der Waals surface area contributed by atoms with Crippen LogP contribution in [-0.2, 0) is 10.0 Å². The van der Waals surface area contributed by atoms with Gasteiger partial charge in [0.05, 0.1) is 4.90 Å². The predicted molar refractivity (Wildman–Crippen MR) is 81.0 cm³/mol. The van der Waals surface area contributed by atoms with Crippen LogP contribution in [0.3, 0.4) is 0 Å². The van der Waals surface area contributed by atoms with Gasteiger partial charge in [-0.2, -0.15) is 16.1 Å². The Morgan fingerprint density at radius 1 is 1.26 bits per heavy atom. The van der Waals surface area contributed by atoms with Crippen LogP contribution in [0.25, 0.3) is 0 Å². The largest absolute Gasteiger partial charge is 0.243 e. The lowest BCUT2D eigenvalue weighted by Gasteiger charge is -2.23. The zero-order valence-corrected chi connectivity index (χ0v) is 12.9. The van der Waals surface area contributed by atoms with E-state index in [0.717, 1.165) is 25.0 Å². The summed E-state index contributed by atoms with van der Waals surface area (Å²) in [6.45, 7) is 3.43. The van der Waals surface area contributed by atoms with Crippen molar-refractivity contribution >= 4 is 21.8 Å². The maximum Gasteiger partial charge on any atom is 0.243 e. The highest BCUT2D eigenvalue weighted by Crippen LogP contribution is 2.26. The van der Waals surface area contributed by atoms with Crippen LogP contribution in [0.15, 0.2) is 35.2 Å². The molecule has 1 atom stereocenters. The number of hydrogen-bond donors (Lipinski definition) is 0. The molecule has 0 saturated carbocycles. The average molecular weight is 299 g/mol. The summed E-state index contributed by atoms with van der Waals surface area (Å²) in [7, 11) is -3.32. The summed E-state index contributed by atoms with van der Waals surface area (Å²) in [5.41, 5.74) is 0. The van der Waals surface area contributed by atoms with Crippen LogP contribution in [0, 0.1) is 0 Å². The van der Waals surface area contributed by atoms with Crippen molar-refractivity contribution in [2.24, 2.45) is 0 Å². The van der Waals surface area contributed by atoms with Crippen LogP contribution in [0.5, 0.6) is 0 Å². The Balaban J connectivity index is 2.19. The molecule has 0 aliphatic carbocycles. The van der Waals surface area contributed by atoms with Crippen LogP contribution >= 0.6 is 11.8 Å². The Morgan fingerprint density at radius 3 is 2.68 bits per heavy atom. The summed E-state index contributed by atoms with van der Waals surface area (Å²) in [6.07, 6.45) is 3.21. The lowest BCUT2D eigenvalue weighted by molar-refractivity contribution is 0.426. The minimum Gasteiger partial charge on any atom is -0.207 e. The van der Waals surface area contributed by atoms with E-state index >= 15 is 0 Å². The molecule has 0 aromatic heterocycles. The molecule has 1 heterocycles. The molecule has 106 valence electrons. The van der Waals surface area contributed by atoms with E-state index in [0.29, 0.717) is 23.2 Å². The molecular formula is C14H21NO2S2. The Bertz CT molecular complexity index is 487. The zero-order chi connectivity index (χ0) is 13.7. The number of rotatable bonds is 4. The van der Waals surface area contributed by atoms with Gasteiger partial charge in [0.15, 0.2) is 0 Å². The van der Waals surface area contributed by atoms with Crippen LogP contribution in [-0.4, -0.2) is 36.8 Å². The minimum absolute atomic E-state index is 0.414. The van der Waals surface area contributed by atoms with Gasteiger partial charge in [0.2, 0.25) is 10.0 Å². The van der Waals surface area contributed by atoms with Crippen LogP contribution in [0.2, 0.25) is 0 Å². The maximum atomic E-state index is 12.6. The topological polar surface area (TPSA) is 37.4 Å². The highest BCUT2D eigenvalue weighted by Gasteiger charge is 2.28. The molecule has 0 spiro atoms. The maximum absolute atomic E-state index is 12.6. The lowest BCUT2D eigenvalue weighted by Crippen LogP contribution is -2.35. The van der Waals surface area contributed by atoms with Gasteiger partial charge in [-0.25, -0.2) is 8.42 Å². The fraction of sp³-hybridized carbons (Fsp3) is 0.571. The molecule has 1 aromatic carbocycles. The summed E-state index contributed by atoms with van der Waals surface area (Å²) in [5, 5.41) is 0.436. The van der Waals surface area contributed by atoms with Crippen molar-refractivity contribution < 1.29 is 8.42 Å². The van der Waals surface area contributed by atoms with E-state index < -0.39 is 10.0 Å². The van der Waals surface area contributed by atoms with Gasteiger partial charge in [0, 0.05) is 18.3 Å². The monoisotopic (exact) mass is 299 g/mol. The molecule has 1 fully saturated rings. The van der Waals surface area contributed by atoms with Crippen molar-refractivity contribution in [2.75, 3.05) is 18.8 Å². The van der Waals surface area contributed by atoms with Gasteiger partial charge >= 0.3 is 0 Å². The van der Waals surface area contributed by atoms with E-state index in [-0.39, 0.29) is 0 Å². The first kappa shape index (κ1) is 14.9. The molecule has 2 rings (SSSR count). The van der Waals surface area contributed by atoms with Gasteiger partial charge in [-0.3, -0.25) is 0 Å². The highest BCUT2D eigenvalue weighted by molar-refractivity contribution is 7.99. The number of hydrogen-bond acceptors (Lipinski definition) is 3. The molecule has 1 aliphatic rings. The zero-order valence-electron chi connectivity index (χ0n) is 11.3. The summed E-state index contributed by atoms with van der Waals surface area (Å²) in [4.78, 5) is 0.414. The highest BCUT2D eigenvalue weighted by atomic mass is 32.2. The third kappa shape index (κ3) is 3.74. The molecule has 1 aliphatic heterocycles. The molecule has 0 bridgehead atoms. The second-order valence-electron chi connectivity index (χ2n) is 4.75. The van der Waals surface area contributed by atoms with Gasteiger partial charge in [-0.05, 0) is 30.7 Å². The quantitative estimate of drug-likeness (QED) is 0.858. The summed E-state index contributed by atoms with van der Waals surface area (Å²) >= 11 is 1.87. The second-order valence-corrected chi connectivity index (χ2v) is 8.26. The van der Waals surface area contributed by atoms with Gasteiger partial charge in [0.25, 0.3) is 0 Å². The molecule has 1 aromatic rings.